The lowest BCUT2D eigenvalue weighted by Crippen LogP contribution is -1.99. The molecule has 0 aliphatic heterocycles. The third kappa shape index (κ3) is 2.98. The minimum atomic E-state index is 0.742. The van der Waals surface area contributed by atoms with Gasteiger partial charge in [-0.2, -0.15) is 0 Å². The summed E-state index contributed by atoms with van der Waals surface area (Å²) in [5, 5.41) is 4.59. The van der Waals surface area contributed by atoms with Crippen molar-refractivity contribution in [2.24, 2.45) is 0 Å². The van der Waals surface area contributed by atoms with Crippen LogP contribution in [-0.4, -0.2) is 14.5 Å². The van der Waals surface area contributed by atoms with E-state index >= 15 is 0 Å². The highest BCUT2D eigenvalue weighted by Crippen LogP contribution is 2.40. The van der Waals surface area contributed by atoms with Gasteiger partial charge >= 0.3 is 0 Å². The molecule has 8 rings (SSSR count). The second kappa shape index (κ2) is 8.15. The fourth-order valence-electron chi connectivity index (χ4n) is 5.71. The Balaban J connectivity index is 1.43. The highest BCUT2D eigenvalue weighted by atomic mass is 16.3. The average molecular weight is 488 g/mol. The molecule has 0 spiro atoms. The molecule has 0 bridgehead atoms. The second-order valence-corrected chi connectivity index (χ2v) is 9.42. The van der Waals surface area contributed by atoms with Gasteiger partial charge in [0.1, 0.15) is 17.0 Å². The molecule has 0 N–H and O–H groups in total. The number of aromatic nitrogens is 3. The molecule has 0 saturated heterocycles. The normalized spacial score (nSPS) is 11.7. The lowest BCUT2D eigenvalue weighted by Gasteiger charge is -2.16. The Morgan fingerprint density at radius 2 is 1.11 bits per heavy atom. The maximum atomic E-state index is 6.34. The van der Waals surface area contributed by atoms with Crippen LogP contribution >= 0.6 is 0 Å². The van der Waals surface area contributed by atoms with E-state index < -0.39 is 0 Å². The Kier molecular flexibility index (Phi) is 4.49. The predicted molar refractivity (Wildman–Crippen MR) is 155 cm³/mol. The van der Waals surface area contributed by atoms with Crippen molar-refractivity contribution in [3.05, 3.63) is 128 Å². The Bertz CT molecular complexity index is 2100. The molecule has 0 aliphatic rings. The minimum Gasteiger partial charge on any atom is -0.454 e. The van der Waals surface area contributed by atoms with Gasteiger partial charge in [0.2, 0.25) is 0 Å². The molecule has 0 amide bonds. The van der Waals surface area contributed by atoms with Crippen LogP contribution < -0.4 is 0 Å². The molecule has 0 unspecified atom stereocenters. The molecule has 0 fully saturated rings. The van der Waals surface area contributed by atoms with Crippen LogP contribution in [0.5, 0.6) is 0 Å². The number of hydrogen-bond acceptors (Lipinski definition) is 3. The number of furan rings is 1. The maximum Gasteiger partial charge on any atom is 0.163 e. The van der Waals surface area contributed by atoms with E-state index in [1.54, 1.807) is 0 Å². The third-order valence-corrected chi connectivity index (χ3v) is 7.34. The molecule has 38 heavy (non-hydrogen) atoms. The summed E-state index contributed by atoms with van der Waals surface area (Å²) in [6.07, 6.45) is 3.67. The fourth-order valence-corrected chi connectivity index (χ4v) is 5.71. The number of rotatable bonds is 3. The zero-order valence-corrected chi connectivity index (χ0v) is 20.4. The highest BCUT2D eigenvalue weighted by molar-refractivity contribution is 6.11. The van der Waals surface area contributed by atoms with Crippen LogP contribution in [-0.2, 0) is 0 Å². The number of nitrogens with zero attached hydrogens (tertiary/aromatic N) is 3. The average Bonchev–Trinajstić information content (AvgIpc) is 3.53. The molecular weight excluding hydrogens is 466 g/mol. The third-order valence-electron chi connectivity index (χ3n) is 7.34. The molecule has 0 radical (unpaired) electrons. The first-order valence-electron chi connectivity index (χ1n) is 12.7. The molecule has 0 saturated carbocycles. The topological polar surface area (TPSA) is 43.9 Å². The number of fused-ring (bicyclic) bond motifs is 6. The summed E-state index contributed by atoms with van der Waals surface area (Å²) in [6, 6.07) is 39.9. The molecule has 4 aromatic heterocycles. The summed E-state index contributed by atoms with van der Waals surface area (Å²) in [5.74, 6) is 0. The van der Waals surface area contributed by atoms with Crippen molar-refractivity contribution in [2.75, 3.05) is 0 Å². The molecule has 4 heteroatoms. The molecule has 4 heterocycles. The van der Waals surface area contributed by atoms with E-state index in [1.165, 1.54) is 21.8 Å². The summed E-state index contributed by atoms with van der Waals surface area (Å²) >= 11 is 0. The zero-order chi connectivity index (χ0) is 25.1. The van der Waals surface area contributed by atoms with Gasteiger partial charge in [-0.25, -0.2) is 0 Å². The van der Waals surface area contributed by atoms with Crippen molar-refractivity contribution in [3.8, 4) is 28.2 Å². The van der Waals surface area contributed by atoms with E-state index in [0.29, 0.717) is 0 Å². The molecular formula is C34H21N3O. The van der Waals surface area contributed by atoms with Crippen LogP contribution in [0.15, 0.2) is 132 Å². The van der Waals surface area contributed by atoms with Crippen LogP contribution in [0.1, 0.15) is 0 Å². The molecule has 0 aliphatic carbocycles. The van der Waals surface area contributed by atoms with Gasteiger partial charge in [0.25, 0.3) is 0 Å². The number of pyridine rings is 2. The van der Waals surface area contributed by atoms with Crippen molar-refractivity contribution in [1.29, 1.82) is 0 Å². The summed E-state index contributed by atoms with van der Waals surface area (Å²) in [6.45, 7) is 0. The van der Waals surface area contributed by atoms with Crippen LogP contribution in [0.2, 0.25) is 0 Å². The smallest absolute Gasteiger partial charge is 0.163 e. The minimum absolute atomic E-state index is 0.742. The van der Waals surface area contributed by atoms with E-state index in [1.807, 2.05) is 42.7 Å². The molecule has 4 aromatic carbocycles. The van der Waals surface area contributed by atoms with Gasteiger partial charge in [0.15, 0.2) is 5.58 Å². The lowest BCUT2D eigenvalue weighted by atomic mass is 9.99. The van der Waals surface area contributed by atoms with Gasteiger partial charge < -0.3 is 8.98 Å². The van der Waals surface area contributed by atoms with Crippen molar-refractivity contribution >= 4 is 43.7 Å². The van der Waals surface area contributed by atoms with Crippen molar-refractivity contribution in [3.63, 3.8) is 0 Å². The largest absolute Gasteiger partial charge is 0.454 e. The van der Waals surface area contributed by atoms with Crippen LogP contribution in [0.25, 0.3) is 71.9 Å². The Labute approximate surface area is 218 Å². The second-order valence-electron chi connectivity index (χ2n) is 9.42. The lowest BCUT2D eigenvalue weighted by molar-refractivity contribution is 0.668. The van der Waals surface area contributed by atoms with Gasteiger partial charge in [-0.1, -0.05) is 78.9 Å². The Hall–Kier alpha value is -5.22. The highest BCUT2D eigenvalue weighted by Gasteiger charge is 2.20. The molecule has 178 valence electrons. The first kappa shape index (κ1) is 20.9. The van der Waals surface area contributed by atoms with Crippen molar-refractivity contribution in [1.82, 2.24) is 14.5 Å². The molecule has 8 aromatic rings. The first-order valence-corrected chi connectivity index (χ1v) is 12.7. The summed E-state index contributed by atoms with van der Waals surface area (Å²) < 4.78 is 8.69. The van der Waals surface area contributed by atoms with Gasteiger partial charge in [0.05, 0.1) is 16.7 Å². The molecule has 4 nitrogen and oxygen atoms in total. The van der Waals surface area contributed by atoms with Gasteiger partial charge in [-0.15, -0.1) is 0 Å². The van der Waals surface area contributed by atoms with E-state index in [9.17, 15) is 0 Å². The van der Waals surface area contributed by atoms with E-state index in [0.717, 1.165) is 50.1 Å². The Morgan fingerprint density at radius 3 is 1.92 bits per heavy atom. The van der Waals surface area contributed by atoms with Gasteiger partial charge in [-0.3, -0.25) is 9.97 Å². The quantitative estimate of drug-likeness (QED) is 0.250. The monoisotopic (exact) mass is 487 g/mol. The first-order chi connectivity index (χ1) is 18.9. The van der Waals surface area contributed by atoms with Crippen LogP contribution in [0.4, 0.5) is 0 Å². The molecule has 0 atom stereocenters. The van der Waals surface area contributed by atoms with E-state index in [2.05, 4.69) is 89.5 Å². The standard InChI is InChI=1S/C34H21N3O/c1-5-15-28-22(10-1)23-11-2-6-16-29(23)37(28)30-17-7-3-12-24(30)26-14-9-20-35-32(26)33-34-27(19-21-36-33)25-13-4-8-18-31(25)38-34/h1-21H. The number of para-hydroxylation sites is 4. The fraction of sp³-hybridized carbons (Fsp3) is 0. The summed E-state index contributed by atoms with van der Waals surface area (Å²) in [4.78, 5) is 9.65. The summed E-state index contributed by atoms with van der Waals surface area (Å²) in [5.41, 5.74) is 8.66. The Morgan fingerprint density at radius 1 is 0.474 bits per heavy atom. The van der Waals surface area contributed by atoms with E-state index in [-0.39, 0.29) is 0 Å². The van der Waals surface area contributed by atoms with Crippen LogP contribution in [0.3, 0.4) is 0 Å². The van der Waals surface area contributed by atoms with E-state index in [4.69, 9.17) is 14.4 Å². The summed E-state index contributed by atoms with van der Waals surface area (Å²) in [7, 11) is 0. The predicted octanol–water partition coefficient (Wildman–Crippen LogP) is 8.81. The SMILES string of the molecule is c1ccc(-n2c3ccccc3c3ccccc32)c(-c2cccnc2-c2nccc3c2oc2ccccc23)c1. The van der Waals surface area contributed by atoms with Gasteiger partial charge in [0, 0.05) is 45.1 Å². The maximum absolute atomic E-state index is 6.34. The van der Waals surface area contributed by atoms with Crippen LogP contribution in [0, 0.1) is 0 Å². The number of benzene rings is 4. The number of hydrogen-bond donors (Lipinski definition) is 0. The zero-order valence-electron chi connectivity index (χ0n) is 20.4. The van der Waals surface area contributed by atoms with Gasteiger partial charge in [-0.05, 0) is 36.4 Å². The van der Waals surface area contributed by atoms with Crippen molar-refractivity contribution < 1.29 is 4.42 Å². The van der Waals surface area contributed by atoms with Crippen molar-refractivity contribution in [2.45, 2.75) is 0 Å².